The lowest BCUT2D eigenvalue weighted by Gasteiger charge is -2.08. The first-order chi connectivity index (χ1) is 6.77. The van der Waals surface area contributed by atoms with Gasteiger partial charge in [-0.15, -0.1) is 0 Å². The van der Waals surface area contributed by atoms with Crippen molar-refractivity contribution >= 4 is 11.9 Å². The van der Waals surface area contributed by atoms with E-state index in [-0.39, 0.29) is 0 Å². The third-order valence-electron chi connectivity index (χ3n) is 1.39. The highest BCUT2D eigenvalue weighted by atomic mass is 16.4. The predicted molar refractivity (Wildman–Crippen MR) is 57.9 cm³/mol. The Labute approximate surface area is 90.0 Å². The molecule has 0 rings (SSSR count). The molecule has 0 aliphatic rings. The molecule has 2 N–H and O–H groups in total. The minimum absolute atomic E-state index is 0.298. The second kappa shape index (κ2) is 9.21. The van der Waals surface area contributed by atoms with Crippen LogP contribution in [0.2, 0.25) is 0 Å². The lowest BCUT2D eigenvalue weighted by Crippen LogP contribution is -2.13. The van der Waals surface area contributed by atoms with Crippen molar-refractivity contribution in [3.63, 3.8) is 0 Å². The molecule has 0 radical (unpaired) electrons. The Bertz CT molecular complexity index is 219. The number of carboxylic acid groups (broad SMARTS) is 2. The lowest BCUT2D eigenvalue weighted by molar-refractivity contribution is -0.134. The van der Waals surface area contributed by atoms with Gasteiger partial charge in [0.1, 0.15) is 0 Å². The third kappa shape index (κ3) is 19.2. The number of rotatable bonds is 5. The molecule has 0 atom stereocenters. The van der Waals surface area contributed by atoms with Crippen molar-refractivity contribution in [3.05, 3.63) is 12.2 Å². The van der Waals surface area contributed by atoms with E-state index in [0.717, 1.165) is 19.9 Å². The third-order valence-corrected chi connectivity index (χ3v) is 1.39. The van der Waals surface area contributed by atoms with Crippen LogP contribution in [-0.2, 0) is 9.59 Å². The van der Waals surface area contributed by atoms with Gasteiger partial charge in [-0.05, 0) is 33.5 Å². The minimum atomic E-state index is -0.885. The first-order valence-corrected chi connectivity index (χ1v) is 4.52. The molecule has 0 unspecified atom stereocenters. The van der Waals surface area contributed by atoms with Crippen molar-refractivity contribution in [2.75, 3.05) is 20.6 Å². The van der Waals surface area contributed by atoms with Gasteiger partial charge in [0.05, 0.1) is 0 Å². The van der Waals surface area contributed by atoms with Gasteiger partial charge in [-0.3, -0.25) is 4.79 Å². The standard InChI is InChI=1S/C8H15NO2.C2H4O2/c1-7(8(10)11)5-4-6-9(2)3;1-2(3)4/h1,4-6H2,2-3H3,(H,10,11);1H3,(H,3,4). The molecule has 0 spiro atoms. The van der Waals surface area contributed by atoms with Gasteiger partial charge in [0.15, 0.2) is 0 Å². The van der Waals surface area contributed by atoms with Crippen molar-refractivity contribution in [1.29, 1.82) is 0 Å². The van der Waals surface area contributed by atoms with Gasteiger partial charge in [-0.2, -0.15) is 0 Å². The Hall–Kier alpha value is -1.36. The van der Waals surface area contributed by atoms with Crippen molar-refractivity contribution in [3.8, 4) is 0 Å². The number of aliphatic carboxylic acids is 2. The van der Waals surface area contributed by atoms with Crippen LogP contribution < -0.4 is 0 Å². The van der Waals surface area contributed by atoms with E-state index in [1.165, 1.54) is 0 Å². The van der Waals surface area contributed by atoms with Crippen LogP contribution in [0.5, 0.6) is 0 Å². The van der Waals surface area contributed by atoms with E-state index in [4.69, 9.17) is 15.0 Å². The van der Waals surface area contributed by atoms with Gasteiger partial charge in [0, 0.05) is 12.5 Å². The van der Waals surface area contributed by atoms with Gasteiger partial charge in [0.25, 0.3) is 5.97 Å². The highest BCUT2D eigenvalue weighted by molar-refractivity contribution is 5.85. The minimum Gasteiger partial charge on any atom is -0.481 e. The highest BCUT2D eigenvalue weighted by Crippen LogP contribution is 2.01. The van der Waals surface area contributed by atoms with Crippen LogP contribution in [0.15, 0.2) is 12.2 Å². The molecule has 0 aliphatic heterocycles. The van der Waals surface area contributed by atoms with E-state index < -0.39 is 11.9 Å². The Morgan fingerprint density at radius 2 is 1.67 bits per heavy atom. The Morgan fingerprint density at radius 1 is 1.27 bits per heavy atom. The largest absolute Gasteiger partial charge is 0.481 e. The van der Waals surface area contributed by atoms with Crippen LogP contribution in [0.4, 0.5) is 0 Å². The molecule has 0 heterocycles. The first-order valence-electron chi connectivity index (χ1n) is 4.52. The van der Waals surface area contributed by atoms with Crippen LogP contribution in [0.3, 0.4) is 0 Å². The molecular formula is C10H19NO4. The van der Waals surface area contributed by atoms with Crippen LogP contribution in [0.1, 0.15) is 19.8 Å². The van der Waals surface area contributed by atoms with E-state index in [2.05, 4.69) is 6.58 Å². The lowest BCUT2D eigenvalue weighted by atomic mass is 10.1. The fourth-order valence-corrected chi connectivity index (χ4v) is 0.716. The van der Waals surface area contributed by atoms with Gasteiger partial charge >= 0.3 is 5.97 Å². The summed E-state index contributed by atoms with van der Waals surface area (Å²) in [6.07, 6.45) is 1.44. The smallest absolute Gasteiger partial charge is 0.330 e. The molecule has 15 heavy (non-hydrogen) atoms. The van der Waals surface area contributed by atoms with Crippen molar-refractivity contribution < 1.29 is 19.8 Å². The summed E-state index contributed by atoms with van der Waals surface area (Å²) in [5, 5.41) is 15.9. The second-order valence-corrected chi connectivity index (χ2v) is 3.33. The van der Waals surface area contributed by atoms with Crippen molar-refractivity contribution in [1.82, 2.24) is 4.90 Å². The molecule has 0 saturated carbocycles. The zero-order chi connectivity index (χ0) is 12.4. The van der Waals surface area contributed by atoms with Crippen molar-refractivity contribution in [2.45, 2.75) is 19.8 Å². The zero-order valence-corrected chi connectivity index (χ0v) is 9.49. The Balaban J connectivity index is 0. The summed E-state index contributed by atoms with van der Waals surface area (Å²) in [4.78, 5) is 21.3. The first kappa shape index (κ1) is 16.1. The second-order valence-electron chi connectivity index (χ2n) is 3.33. The summed E-state index contributed by atoms with van der Waals surface area (Å²) in [6.45, 7) is 5.43. The van der Waals surface area contributed by atoms with Crippen molar-refractivity contribution in [2.24, 2.45) is 0 Å². The maximum absolute atomic E-state index is 10.3. The predicted octanol–water partition coefficient (Wildman–Crippen LogP) is 1.06. The maximum Gasteiger partial charge on any atom is 0.330 e. The summed E-state index contributed by atoms with van der Waals surface area (Å²) >= 11 is 0. The van der Waals surface area contributed by atoms with E-state index in [1.807, 2.05) is 19.0 Å². The van der Waals surface area contributed by atoms with Crippen LogP contribution in [-0.4, -0.2) is 47.7 Å². The molecule has 0 aromatic rings. The monoisotopic (exact) mass is 217 g/mol. The fraction of sp³-hybridized carbons (Fsp3) is 0.600. The summed E-state index contributed by atoms with van der Waals surface area (Å²) < 4.78 is 0. The molecule has 88 valence electrons. The number of carbonyl (C=O) groups is 2. The number of hydrogen-bond donors (Lipinski definition) is 2. The molecule has 0 bridgehead atoms. The fourth-order valence-electron chi connectivity index (χ4n) is 0.716. The topological polar surface area (TPSA) is 77.8 Å². The SMILES string of the molecule is C=C(CCCN(C)C)C(=O)O.CC(=O)O. The van der Waals surface area contributed by atoms with Crippen LogP contribution in [0, 0.1) is 0 Å². The maximum atomic E-state index is 10.3. The van der Waals surface area contributed by atoms with E-state index in [0.29, 0.717) is 12.0 Å². The zero-order valence-electron chi connectivity index (χ0n) is 9.49. The Kier molecular flexibility index (Phi) is 9.87. The highest BCUT2D eigenvalue weighted by Gasteiger charge is 2.02. The summed E-state index contributed by atoms with van der Waals surface area (Å²) in [7, 11) is 3.92. The van der Waals surface area contributed by atoms with Gasteiger partial charge in [0.2, 0.25) is 0 Å². The molecule has 0 fully saturated rings. The Morgan fingerprint density at radius 3 is 1.93 bits per heavy atom. The number of carboxylic acids is 2. The molecule has 5 heteroatoms. The van der Waals surface area contributed by atoms with E-state index in [9.17, 15) is 4.79 Å². The average molecular weight is 217 g/mol. The summed E-state index contributed by atoms with van der Waals surface area (Å²) in [5.41, 5.74) is 0.298. The molecule has 0 saturated heterocycles. The van der Waals surface area contributed by atoms with Gasteiger partial charge in [-0.25, -0.2) is 4.79 Å². The number of hydrogen-bond acceptors (Lipinski definition) is 3. The molecule has 0 aromatic carbocycles. The molecule has 0 amide bonds. The molecular weight excluding hydrogens is 198 g/mol. The normalized spacial score (nSPS) is 9.07. The van der Waals surface area contributed by atoms with E-state index >= 15 is 0 Å². The average Bonchev–Trinajstić information content (AvgIpc) is 2.01. The quantitative estimate of drug-likeness (QED) is 0.673. The van der Waals surface area contributed by atoms with Gasteiger partial charge in [-0.1, -0.05) is 6.58 Å². The van der Waals surface area contributed by atoms with E-state index in [1.54, 1.807) is 0 Å². The summed E-state index contributed by atoms with van der Waals surface area (Å²) in [5.74, 6) is -1.72. The molecule has 5 nitrogen and oxygen atoms in total. The van der Waals surface area contributed by atoms with Crippen LogP contribution >= 0.6 is 0 Å². The van der Waals surface area contributed by atoms with Gasteiger partial charge < -0.3 is 15.1 Å². The summed E-state index contributed by atoms with van der Waals surface area (Å²) in [6, 6.07) is 0. The molecule has 0 aromatic heterocycles. The molecule has 0 aliphatic carbocycles. The number of nitrogens with zero attached hydrogens (tertiary/aromatic N) is 1. The van der Waals surface area contributed by atoms with Crippen LogP contribution in [0.25, 0.3) is 0 Å².